The lowest BCUT2D eigenvalue weighted by molar-refractivity contribution is 0.0952. The Morgan fingerprint density at radius 3 is 2.67 bits per heavy atom. The first-order chi connectivity index (χ1) is 10.2. The predicted octanol–water partition coefficient (Wildman–Crippen LogP) is 2.46. The maximum absolute atomic E-state index is 13.4. The van der Waals surface area contributed by atoms with Gasteiger partial charge in [0.1, 0.15) is 5.82 Å². The lowest BCUT2D eigenvalue weighted by atomic mass is 10.1. The van der Waals surface area contributed by atoms with E-state index in [0.29, 0.717) is 18.7 Å². The normalized spacial score (nSPS) is 10.2. The summed E-state index contributed by atoms with van der Waals surface area (Å²) in [5.74, 6) is 4.59. The molecule has 0 saturated carbocycles. The molecule has 0 aromatic heterocycles. The first-order valence-corrected chi connectivity index (χ1v) is 6.75. The van der Waals surface area contributed by atoms with Gasteiger partial charge in [-0.05, 0) is 36.8 Å². The number of rotatable bonds is 5. The van der Waals surface area contributed by atoms with E-state index in [9.17, 15) is 9.18 Å². The molecule has 0 aliphatic carbocycles. The summed E-state index contributed by atoms with van der Waals surface area (Å²) in [7, 11) is 0. The van der Waals surface area contributed by atoms with Crippen LogP contribution in [-0.4, -0.2) is 12.5 Å². The highest BCUT2D eigenvalue weighted by Gasteiger charge is 2.13. The van der Waals surface area contributed by atoms with Crippen molar-refractivity contribution in [1.29, 1.82) is 0 Å². The Morgan fingerprint density at radius 2 is 2.00 bits per heavy atom. The second kappa shape index (κ2) is 6.85. The van der Waals surface area contributed by atoms with Crippen molar-refractivity contribution in [3.05, 3.63) is 65.5 Å². The number of halogens is 1. The molecule has 0 heterocycles. The van der Waals surface area contributed by atoms with Gasteiger partial charge in [-0.25, -0.2) is 10.2 Å². The van der Waals surface area contributed by atoms with Crippen LogP contribution in [0, 0.1) is 5.82 Å². The zero-order valence-electron chi connectivity index (χ0n) is 11.8. The molecule has 0 radical (unpaired) electrons. The zero-order chi connectivity index (χ0) is 15.2. The van der Waals surface area contributed by atoms with Gasteiger partial charge in [0.15, 0.2) is 0 Å². The number of nitrogens with one attached hydrogen (secondary N) is 1. The van der Waals surface area contributed by atoms with Crippen LogP contribution >= 0.6 is 0 Å². The molecule has 1 amide bonds. The molecular formula is C16H18FN3O. The summed E-state index contributed by atoms with van der Waals surface area (Å²) in [4.78, 5) is 13.8. The second-order valence-corrected chi connectivity index (χ2v) is 4.62. The van der Waals surface area contributed by atoms with Gasteiger partial charge in [-0.15, -0.1) is 0 Å². The first kappa shape index (κ1) is 15.0. The summed E-state index contributed by atoms with van der Waals surface area (Å²) in [5.41, 5.74) is 4.28. The van der Waals surface area contributed by atoms with E-state index in [4.69, 9.17) is 5.84 Å². The van der Waals surface area contributed by atoms with E-state index in [1.807, 2.05) is 30.0 Å². The highest BCUT2D eigenvalue weighted by Crippen LogP contribution is 2.20. The van der Waals surface area contributed by atoms with Gasteiger partial charge in [0.05, 0.1) is 0 Å². The van der Waals surface area contributed by atoms with Gasteiger partial charge in [-0.2, -0.15) is 0 Å². The Kier molecular flexibility index (Phi) is 4.90. The molecule has 4 nitrogen and oxygen atoms in total. The number of hydrogen-bond donors (Lipinski definition) is 2. The Balaban J connectivity index is 2.29. The number of amides is 1. The van der Waals surface area contributed by atoms with Gasteiger partial charge < -0.3 is 4.90 Å². The molecule has 3 N–H and O–H groups in total. The second-order valence-electron chi connectivity index (χ2n) is 4.62. The van der Waals surface area contributed by atoms with Crippen molar-refractivity contribution in [3.63, 3.8) is 0 Å². The lowest BCUT2D eigenvalue weighted by Crippen LogP contribution is -2.32. The molecule has 0 aliphatic heterocycles. The topological polar surface area (TPSA) is 58.4 Å². The average Bonchev–Trinajstić information content (AvgIpc) is 2.52. The minimum absolute atomic E-state index is 0.279. The van der Waals surface area contributed by atoms with Crippen LogP contribution in [0.3, 0.4) is 0 Å². The molecule has 0 spiro atoms. The van der Waals surface area contributed by atoms with E-state index in [-0.39, 0.29) is 11.7 Å². The largest absolute Gasteiger partial charge is 0.367 e. The van der Waals surface area contributed by atoms with Crippen molar-refractivity contribution in [1.82, 2.24) is 5.43 Å². The van der Waals surface area contributed by atoms with Crippen LogP contribution in [0.15, 0.2) is 48.5 Å². The molecule has 2 aromatic carbocycles. The Labute approximate surface area is 123 Å². The summed E-state index contributed by atoms with van der Waals surface area (Å²) in [6.07, 6.45) is 0. The molecule has 0 unspecified atom stereocenters. The molecular weight excluding hydrogens is 269 g/mol. The van der Waals surface area contributed by atoms with E-state index in [2.05, 4.69) is 5.43 Å². The highest BCUT2D eigenvalue weighted by molar-refractivity contribution is 5.95. The Hall–Kier alpha value is -2.40. The maximum atomic E-state index is 13.4. The van der Waals surface area contributed by atoms with Crippen LogP contribution < -0.4 is 16.2 Å². The first-order valence-electron chi connectivity index (χ1n) is 6.75. The number of hydrazine groups is 1. The molecule has 0 bridgehead atoms. The number of nitrogen functional groups attached to an aromatic ring is 1. The van der Waals surface area contributed by atoms with Crippen LogP contribution in [-0.2, 0) is 6.54 Å². The van der Waals surface area contributed by atoms with Crippen LogP contribution in [0.25, 0.3) is 0 Å². The van der Waals surface area contributed by atoms with Crippen molar-refractivity contribution >= 4 is 11.6 Å². The molecule has 21 heavy (non-hydrogen) atoms. The van der Waals surface area contributed by atoms with E-state index in [0.717, 1.165) is 11.3 Å². The summed E-state index contributed by atoms with van der Waals surface area (Å²) in [6, 6.07) is 13.6. The smallest absolute Gasteiger partial charge is 0.265 e. The van der Waals surface area contributed by atoms with Gasteiger partial charge in [-0.1, -0.05) is 24.3 Å². The number of anilines is 1. The summed E-state index contributed by atoms with van der Waals surface area (Å²) in [6.45, 7) is 3.18. The number of benzene rings is 2. The fourth-order valence-corrected chi connectivity index (χ4v) is 2.22. The van der Waals surface area contributed by atoms with Crippen LogP contribution in [0.4, 0.5) is 10.1 Å². The summed E-state index contributed by atoms with van der Waals surface area (Å²) < 4.78 is 13.4. The van der Waals surface area contributed by atoms with E-state index >= 15 is 0 Å². The molecule has 5 heteroatoms. The SMILES string of the molecule is CCN(Cc1ccccc1C(=O)NN)c1cccc(F)c1. The van der Waals surface area contributed by atoms with Gasteiger partial charge in [0.25, 0.3) is 5.91 Å². The van der Waals surface area contributed by atoms with Crippen molar-refractivity contribution < 1.29 is 9.18 Å². The van der Waals surface area contributed by atoms with Crippen molar-refractivity contribution in [3.8, 4) is 0 Å². The number of nitrogens with two attached hydrogens (primary N) is 1. The minimum atomic E-state index is -0.333. The predicted molar refractivity (Wildman–Crippen MR) is 81.2 cm³/mol. The monoisotopic (exact) mass is 287 g/mol. The molecule has 0 fully saturated rings. The zero-order valence-corrected chi connectivity index (χ0v) is 11.8. The minimum Gasteiger partial charge on any atom is -0.367 e. The van der Waals surface area contributed by atoms with E-state index in [1.54, 1.807) is 18.2 Å². The number of carbonyl (C=O) groups excluding carboxylic acids is 1. The third-order valence-corrected chi connectivity index (χ3v) is 3.31. The van der Waals surface area contributed by atoms with Crippen molar-refractivity contribution in [2.75, 3.05) is 11.4 Å². The number of nitrogens with zero attached hydrogens (tertiary/aromatic N) is 1. The van der Waals surface area contributed by atoms with Crippen LogP contribution in [0.5, 0.6) is 0 Å². The molecule has 0 saturated heterocycles. The molecule has 0 aliphatic rings. The summed E-state index contributed by atoms with van der Waals surface area (Å²) in [5, 5.41) is 0. The van der Waals surface area contributed by atoms with E-state index in [1.165, 1.54) is 12.1 Å². The maximum Gasteiger partial charge on any atom is 0.265 e. The van der Waals surface area contributed by atoms with Gasteiger partial charge >= 0.3 is 0 Å². The highest BCUT2D eigenvalue weighted by atomic mass is 19.1. The lowest BCUT2D eigenvalue weighted by Gasteiger charge is -2.24. The quantitative estimate of drug-likeness (QED) is 0.504. The van der Waals surface area contributed by atoms with Crippen molar-refractivity contribution in [2.45, 2.75) is 13.5 Å². The third-order valence-electron chi connectivity index (χ3n) is 3.31. The van der Waals surface area contributed by atoms with Gasteiger partial charge in [0, 0.05) is 24.3 Å². The standard InChI is InChI=1S/C16H18FN3O/c1-2-20(14-8-5-7-13(17)10-14)11-12-6-3-4-9-15(12)16(21)19-18/h3-10H,2,11,18H2,1H3,(H,19,21). The average molecular weight is 287 g/mol. The Morgan fingerprint density at radius 1 is 1.24 bits per heavy atom. The third kappa shape index (κ3) is 3.58. The fourth-order valence-electron chi connectivity index (χ4n) is 2.22. The molecule has 110 valence electrons. The number of hydrogen-bond acceptors (Lipinski definition) is 3. The van der Waals surface area contributed by atoms with Gasteiger partial charge in [0.2, 0.25) is 0 Å². The molecule has 2 rings (SSSR count). The molecule has 0 atom stereocenters. The van der Waals surface area contributed by atoms with Gasteiger partial charge in [-0.3, -0.25) is 10.2 Å². The fraction of sp³-hybridized carbons (Fsp3) is 0.188. The number of carbonyl (C=O) groups is 1. The molecule has 2 aromatic rings. The van der Waals surface area contributed by atoms with Crippen molar-refractivity contribution in [2.24, 2.45) is 5.84 Å². The van der Waals surface area contributed by atoms with Crippen LogP contribution in [0.2, 0.25) is 0 Å². The van der Waals surface area contributed by atoms with E-state index < -0.39 is 0 Å². The Bertz CT molecular complexity index is 630. The summed E-state index contributed by atoms with van der Waals surface area (Å²) >= 11 is 0. The van der Waals surface area contributed by atoms with Crippen LogP contribution in [0.1, 0.15) is 22.8 Å².